The highest BCUT2D eigenvalue weighted by molar-refractivity contribution is 7.89. The summed E-state index contributed by atoms with van der Waals surface area (Å²) in [6, 6.07) is 0. The molecule has 0 radical (unpaired) electrons. The van der Waals surface area contributed by atoms with Crippen LogP contribution >= 0.6 is 0 Å². The van der Waals surface area contributed by atoms with E-state index in [1.807, 2.05) is 6.92 Å². The van der Waals surface area contributed by atoms with E-state index in [0.29, 0.717) is 6.54 Å². The zero-order valence-corrected chi connectivity index (χ0v) is 11.2. The number of piperidine rings is 1. The van der Waals surface area contributed by atoms with E-state index in [1.54, 1.807) is 0 Å². The Labute approximate surface area is 99.2 Å². The second kappa shape index (κ2) is 5.98. The van der Waals surface area contributed by atoms with Crippen LogP contribution in [0, 0.1) is 5.41 Å². The van der Waals surface area contributed by atoms with Crippen molar-refractivity contribution in [3.05, 3.63) is 0 Å². The van der Waals surface area contributed by atoms with Crippen molar-refractivity contribution in [2.75, 3.05) is 25.4 Å². The van der Waals surface area contributed by atoms with Gasteiger partial charge in [-0.15, -0.1) is 0 Å². The Hall–Kier alpha value is -0.130. The Bertz CT molecular complexity index is 295. The first-order valence-corrected chi connectivity index (χ1v) is 7.81. The molecule has 2 N–H and O–H groups in total. The number of rotatable bonds is 6. The molecule has 0 aromatic heterocycles. The van der Waals surface area contributed by atoms with Crippen molar-refractivity contribution in [1.29, 1.82) is 0 Å². The normalized spacial score (nSPS) is 26.9. The number of hydrogen-bond acceptors (Lipinski definition) is 3. The molecule has 0 bridgehead atoms. The van der Waals surface area contributed by atoms with Crippen molar-refractivity contribution in [3.8, 4) is 0 Å². The van der Waals surface area contributed by atoms with Gasteiger partial charge in [0.15, 0.2) is 0 Å². The van der Waals surface area contributed by atoms with Crippen molar-refractivity contribution < 1.29 is 8.42 Å². The van der Waals surface area contributed by atoms with Gasteiger partial charge in [0.1, 0.15) is 0 Å². The van der Waals surface area contributed by atoms with Gasteiger partial charge in [0.2, 0.25) is 10.0 Å². The van der Waals surface area contributed by atoms with E-state index in [1.165, 1.54) is 0 Å². The van der Waals surface area contributed by atoms with Crippen molar-refractivity contribution >= 4 is 10.0 Å². The molecule has 1 unspecified atom stereocenters. The molecular formula is C11H24N2O2S. The minimum absolute atomic E-state index is 0.0809. The minimum Gasteiger partial charge on any atom is -0.316 e. The molecule has 96 valence electrons. The maximum Gasteiger partial charge on any atom is 0.211 e. The minimum atomic E-state index is -3.06. The van der Waals surface area contributed by atoms with Gasteiger partial charge < -0.3 is 5.32 Å². The number of hydrogen-bond donors (Lipinski definition) is 2. The van der Waals surface area contributed by atoms with Crippen LogP contribution in [0.5, 0.6) is 0 Å². The summed E-state index contributed by atoms with van der Waals surface area (Å²) in [6.07, 6.45) is 3.88. The van der Waals surface area contributed by atoms with Crippen molar-refractivity contribution in [2.45, 2.75) is 39.5 Å². The molecule has 1 saturated heterocycles. The van der Waals surface area contributed by atoms with Crippen LogP contribution in [-0.4, -0.2) is 33.8 Å². The van der Waals surface area contributed by atoms with Gasteiger partial charge in [-0.3, -0.25) is 0 Å². The number of nitrogens with one attached hydrogen (secondary N) is 2. The van der Waals surface area contributed by atoms with Crippen LogP contribution in [0.25, 0.3) is 0 Å². The number of sulfonamides is 1. The van der Waals surface area contributed by atoms with Crippen LogP contribution < -0.4 is 10.0 Å². The zero-order valence-electron chi connectivity index (χ0n) is 10.4. The molecule has 0 amide bonds. The van der Waals surface area contributed by atoms with Crippen molar-refractivity contribution in [3.63, 3.8) is 0 Å². The first kappa shape index (κ1) is 13.9. The molecule has 4 nitrogen and oxygen atoms in total. The third kappa shape index (κ3) is 4.80. The Morgan fingerprint density at radius 3 is 2.75 bits per heavy atom. The third-order valence-corrected chi connectivity index (χ3v) is 4.58. The molecule has 16 heavy (non-hydrogen) atoms. The van der Waals surface area contributed by atoms with Crippen LogP contribution in [0.3, 0.4) is 0 Å². The predicted octanol–water partition coefficient (Wildman–Crippen LogP) is 1.10. The van der Waals surface area contributed by atoms with E-state index >= 15 is 0 Å². The van der Waals surface area contributed by atoms with Gasteiger partial charge in [0.25, 0.3) is 0 Å². The molecule has 0 aromatic carbocycles. The smallest absolute Gasteiger partial charge is 0.211 e. The molecule has 1 rings (SSSR count). The van der Waals surface area contributed by atoms with Gasteiger partial charge in [-0.25, -0.2) is 13.1 Å². The predicted molar refractivity (Wildman–Crippen MR) is 66.9 cm³/mol. The molecule has 5 heteroatoms. The summed E-state index contributed by atoms with van der Waals surface area (Å²) in [6.45, 7) is 6.66. The Balaban J connectivity index is 2.37. The van der Waals surface area contributed by atoms with E-state index in [0.717, 1.165) is 38.8 Å². The molecule has 1 atom stereocenters. The Kier molecular flexibility index (Phi) is 5.21. The highest BCUT2D eigenvalue weighted by Gasteiger charge is 2.27. The Morgan fingerprint density at radius 2 is 2.19 bits per heavy atom. The summed E-state index contributed by atoms with van der Waals surface area (Å²) >= 11 is 0. The van der Waals surface area contributed by atoms with Crippen molar-refractivity contribution in [2.24, 2.45) is 5.41 Å². The maximum absolute atomic E-state index is 11.6. The molecule has 1 aliphatic rings. The lowest BCUT2D eigenvalue weighted by Gasteiger charge is -2.34. The quantitative estimate of drug-likeness (QED) is 0.740. The summed E-state index contributed by atoms with van der Waals surface area (Å²) in [5.74, 6) is 0.257. The molecule has 1 heterocycles. The standard InChI is InChI=1S/C11H24N2O2S/c1-3-4-8-16(14,15)13-10-11(2)6-5-7-12-9-11/h12-13H,3-10H2,1-2H3. The first-order chi connectivity index (χ1) is 7.47. The zero-order chi connectivity index (χ0) is 12.1. The van der Waals surface area contributed by atoms with Crippen LogP contribution in [0.15, 0.2) is 0 Å². The van der Waals surface area contributed by atoms with Gasteiger partial charge in [0.05, 0.1) is 5.75 Å². The highest BCUT2D eigenvalue weighted by atomic mass is 32.2. The van der Waals surface area contributed by atoms with E-state index in [9.17, 15) is 8.42 Å². The van der Waals surface area contributed by atoms with Gasteiger partial charge in [-0.2, -0.15) is 0 Å². The van der Waals surface area contributed by atoms with Crippen LogP contribution in [0.4, 0.5) is 0 Å². The second-order valence-corrected chi connectivity index (χ2v) is 7.01. The van der Waals surface area contributed by atoms with Gasteiger partial charge in [0, 0.05) is 13.1 Å². The summed E-state index contributed by atoms with van der Waals surface area (Å²) in [5.41, 5.74) is 0.0809. The van der Waals surface area contributed by atoms with E-state index in [4.69, 9.17) is 0 Å². The molecular weight excluding hydrogens is 224 g/mol. The average molecular weight is 248 g/mol. The molecule has 0 aromatic rings. The SMILES string of the molecule is CCCCS(=O)(=O)NCC1(C)CCCNC1. The molecule has 0 spiro atoms. The van der Waals surface area contributed by atoms with Gasteiger partial charge in [-0.1, -0.05) is 20.3 Å². The Morgan fingerprint density at radius 1 is 1.44 bits per heavy atom. The maximum atomic E-state index is 11.6. The highest BCUT2D eigenvalue weighted by Crippen LogP contribution is 2.24. The van der Waals surface area contributed by atoms with Crippen LogP contribution in [-0.2, 0) is 10.0 Å². The topological polar surface area (TPSA) is 58.2 Å². The fraction of sp³-hybridized carbons (Fsp3) is 1.00. The second-order valence-electron chi connectivity index (χ2n) is 5.08. The third-order valence-electron chi connectivity index (χ3n) is 3.17. The van der Waals surface area contributed by atoms with Crippen LogP contribution in [0.1, 0.15) is 39.5 Å². The summed E-state index contributed by atoms with van der Waals surface area (Å²) in [5, 5.41) is 3.32. The summed E-state index contributed by atoms with van der Waals surface area (Å²) < 4.78 is 26.0. The largest absolute Gasteiger partial charge is 0.316 e. The van der Waals surface area contributed by atoms with Gasteiger partial charge in [-0.05, 0) is 31.2 Å². The van der Waals surface area contributed by atoms with E-state index < -0.39 is 10.0 Å². The lowest BCUT2D eigenvalue weighted by Crippen LogP contribution is -2.46. The monoisotopic (exact) mass is 248 g/mol. The van der Waals surface area contributed by atoms with Gasteiger partial charge >= 0.3 is 0 Å². The molecule has 0 saturated carbocycles. The van der Waals surface area contributed by atoms with Crippen molar-refractivity contribution in [1.82, 2.24) is 10.0 Å². The van der Waals surface area contributed by atoms with Crippen LogP contribution in [0.2, 0.25) is 0 Å². The molecule has 1 aliphatic heterocycles. The lowest BCUT2D eigenvalue weighted by molar-refractivity contribution is 0.238. The lowest BCUT2D eigenvalue weighted by atomic mass is 9.83. The van der Waals surface area contributed by atoms with E-state index in [2.05, 4.69) is 17.0 Å². The average Bonchev–Trinajstić information content (AvgIpc) is 2.25. The summed E-state index contributed by atoms with van der Waals surface area (Å²) in [7, 11) is -3.06. The van der Waals surface area contributed by atoms with E-state index in [-0.39, 0.29) is 11.2 Å². The molecule has 0 aliphatic carbocycles. The fourth-order valence-corrected chi connectivity index (χ4v) is 3.34. The summed E-state index contributed by atoms with van der Waals surface area (Å²) in [4.78, 5) is 0. The first-order valence-electron chi connectivity index (χ1n) is 6.15. The molecule has 1 fully saturated rings. The number of unbranched alkanes of at least 4 members (excludes halogenated alkanes) is 1. The fourth-order valence-electron chi connectivity index (χ4n) is 1.96.